The molecule has 0 saturated carbocycles. The summed E-state index contributed by atoms with van der Waals surface area (Å²) in [5.41, 5.74) is 4.01. The van der Waals surface area contributed by atoms with Crippen molar-refractivity contribution in [2.75, 3.05) is 33.1 Å². The molecule has 12 heteroatoms. The van der Waals surface area contributed by atoms with Crippen LogP contribution in [0, 0.1) is 17.7 Å². The molecule has 5 rings (SSSR count). The molecule has 0 unspecified atom stereocenters. The number of aliphatic hydroxyl groups excluding tert-OH is 2. The summed E-state index contributed by atoms with van der Waals surface area (Å²) in [7, 11) is 6.76. The van der Waals surface area contributed by atoms with E-state index < -0.39 is 58.0 Å². The molecule has 0 radical (unpaired) electrons. The summed E-state index contributed by atoms with van der Waals surface area (Å²) in [4.78, 5) is 43.1. The summed E-state index contributed by atoms with van der Waals surface area (Å²) >= 11 is 0. The zero-order chi connectivity index (χ0) is 31.5. The van der Waals surface area contributed by atoms with Crippen LogP contribution in [0.2, 0.25) is 0 Å². The van der Waals surface area contributed by atoms with Gasteiger partial charge in [-0.1, -0.05) is 12.1 Å². The molecule has 7 N–H and O–H groups in total. The number of ketones is 2. The first-order valence-electron chi connectivity index (χ1n) is 13.8. The number of aliphatic hydroxyl groups is 3. The number of carbonyl (C=O) groups excluding carboxylic acids is 3. The summed E-state index contributed by atoms with van der Waals surface area (Å²) in [6, 6.07) is 6.67. The van der Waals surface area contributed by atoms with Crippen molar-refractivity contribution < 1.29 is 39.2 Å². The number of hydrogen-bond donors (Lipinski definition) is 6. The summed E-state index contributed by atoms with van der Waals surface area (Å²) in [5.74, 6) is -7.22. The first-order valence-corrected chi connectivity index (χ1v) is 13.8. The monoisotopic (exact) mass is 594 g/mol. The fourth-order valence-electron chi connectivity index (χ4n) is 6.83. The third-order valence-corrected chi connectivity index (χ3v) is 8.82. The van der Waals surface area contributed by atoms with Crippen molar-refractivity contribution in [1.82, 2.24) is 10.2 Å². The number of likely N-dealkylation sites (N-methyl/N-ethyl adjacent to an activating group) is 1. The Morgan fingerprint density at radius 1 is 1.09 bits per heavy atom. The Morgan fingerprint density at radius 3 is 2.33 bits per heavy atom. The lowest BCUT2D eigenvalue weighted by molar-refractivity contribution is -0.148. The van der Waals surface area contributed by atoms with Crippen molar-refractivity contribution in [3.63, 3.8) is 0 Å². The van der Waals surface area contributed by atoms with E-state index >= 15 is 0 Å². The predicted molar refractivity (Wildman–Crippen MR) is 155 cm³/mol. The topological polar surface area (TPSA) is 177 Å². The smallest absolute Gasteiger partial charge is 0.255 e. The molecule has 43 heavy (non-hydrogen) atoms. The van der Waals surface area contributed by atoms with Gasteiger partial charge in [0.2, 0.25) is 5.78 Å². The first-order chi connectivity index (χ1) is 20.2. The molecule has 1 amide bonds. The molecule has 0 heterocycles. The summed E-state index contributed by atoms with van der Waals surface area (Å²) in [6.45, 7) is 0.516. The average molecular weight is 595 g/mol. The second kappa shape index (κ2) is 10.8. The van der Waals surface area contributed by atoms with Gasteiger partial charge in [-0.05, 0) is 62.2 Å². The standard InChI is InChI=1S/C31H35FN4O7/c1-35(2)20-11-16(13-34-12-14-5-7-17(32)8-6-14)25(37)22-18(20)9-15-10-19-24(36(3)4)27(39)23(30(33)42)29(41)31(19,43)28(40)21(15)26(22)38/h5-8,11,15,19,24,34,37,39-40,43H,9-10,12-13H2,1-4H3,(H2,33,42)/t15-,19-,24-,31-/m0/s1. The van der Waals surface area contributed by atoms with Gasteiger partial charge in [0, 0.05) is 49.9 Å². The second-order valence-corrected chi connectivity index (χ2v) is 11.8. The van der Waals surface area contributed by atoms with Crippen LogP contribution in [-0.4, -0.2) is 82.6 Å². The van der Waals surface area contributed by atoms with Gasteiger partial charge in [-0.3, -0.25) is 19.3 Å². The number of phenolic OH excluding ortho intramolecular Hbond substituents is 1. The largest absolute Gasteiger partial charge is 0.510 e. The number of rotatable bonds is 7. The van der Waals surface area contributed by atoms with E-state index in [1.807, 2.05) is 4.90 Å². The van der Waals surface area contributed by atoms with E-state index in [-0.39, 0.29) is 42.1 Å². The molecule has 0 saturated heterocycles. The van der Waals surface area contributed by atoms with Gasteiger partial charge in [-0.15, -0.1) is 0 Å². The van der Waals surface area contributed by atoms with E-state index in [2.05, 4.69) is 5.32 Å². The fraction of sp³-hybridized carbons (Fsp3) is 0.387. The predicted octanol–water partition coefficient (Wildman–Crippen LogP) is 1.62. The third-order valence-electron chi connectivity index (χ3n) is 8.82. The van der Waals surface area contributed by atoms with Gasteiger partial charge >= 0.3 is 0 Å². The molecule has 3 aliphatic rings. The number of benzene rings is 2. The SMILES string of the molecule is CN(C)c1cc(CNCc2ccc(F)cc2)c(O)c2c1C[C@H]1C[C@H]3[C@H](N(C)C)C(O)=C(C(N)=O)C(=O)[C@@]3(O)C(O)=C1C2=O. The van der Waals surface area contributed by atoms with Gasteiger partial charge in [0.25, 0.3) is 5.91 Å². The molecule has 3 aliphatic carbocycles. The number of nitrogens with two attached hydrogens (primary N) is 1. The Labute approximate surface area is 247 Å². The number of anilines is 1. The lowest BCUT2D eigenvalue weighted by Crippen LogP contribution is -2.63. The zero-order valence-corrected chi connectivity index (χ0v) is 24.3. The maximum absolute atomic E-state index is 14.1. The number of amides is 1. The number of hydrogen-bond acceptors (Lipinski definition) is 10. The fourth-order valence-corrected chi connectivity index (χ4v) is 6.83. The van der Waals surface area contributed by atoms with Crippen molar-refractivity contribution in [2.24, 2.45) is 17.6 Å². The highest BCUT2D eigenvalue weighted by Gasteiger charge is 2.63. The van der Waals surface area contributed by atoms with E-state index in [4.69, 9.17) is 5.73 Å². The molecule has 0 bridgehead atoms. The van der Waals surface area contributed by atoms with Crippen LogP contribution in [0.3, 0.4) is 0 Å². The van der Waals surface area contributed by atoms with Crippen LogP contribution >= 0.6 is 0 Å². The van der Waals surface area contributed by atoms with Crippen molar-refractivity contribution in [3.8, 4) is 5.75 Å². The van der Waals surface area contributed by atoms with Crippen molar-refractivity contribution >= 4 is 23.2 Å². The molecule has 2 aromatic rings. The molecule has 0 spiro atoms. The van der Waals surface area contributed by atoms with Crippen LogP contribution in [0.5, 0.6) is 5.75 Å². The minimum Gasteiger partial charge on any atom is -0.510 e. The molecular formula is C31H35FN4O7. The summed E-state index contributed by atoms with van der Waals surface area (Å²) < 4.78 is 13.3. The van der Waals surface area contributed by atoms with Crippen molar-refractivity contribution in [1.29, 1.82) is 0 Å². The first kappa shape index (κ1) is 30.2. The maximum atomic E-state index is 14.1. The number of aromatic hydroxyl groups is 1. The van der Waals surface area contributed by atoms with Crippen LogP contribution in [0.4, 0.5) is 10.1 Å². The van der Waals surface area contributed by atoms with Crippen LogP contribution < -0.4 is 16.0 Å². The summed E-state index contributed by atoms with van der Waals surface area (Å²) in [6.07, 6.45) is 0.208. The number of halogens is 1. The molecule has 11 nitrogen and oxygen atoms in total. The Hall–Kier alpha value is -4.26. The number of phenols is 1. The minimum absolute atomic E-state index is 0.0143. The Kier molecular flexibility index (Phi) is 7.57. The molecule has 0 fully saturated rings. The molecule has 228 valence electrons. The van der Waals surface area contributed by atoms with Crippen molar-refractivity contribution in [2.45, 2.75) is 37.6 Å². The maximum Gasteiger partial charge on any atom is 0.255 e. The van der Waals surface area contributed by atoms with E-state index in [1.54, 1.807) is 46.4 Å². The van der Waals surface area contributed by atoms with Gasteiger partial charge in [-0.2, -0.15) is 0 Å². The highest BCUT2D eigenvalue weighted by atomic mass is 19.1. The van der Waals surface area contributed by atoms with E-state index in [0.717, 1.165) is 5.56 Å². The van der Waals surface area contributed by atoms with E-state index in [0.29, 0.717) is 23.4 Å². The number of primary amides is 1. The summed E-state index contributed by atoms with van der Waals surface area (Å²) in [5, 5.41) is 48.8. The molecule has 4 atom stereocenters. The zero-order valence-electron chi connectivity index (χ0n) is 24.3. The Balaban J connectivity index is 1.59. The Bertz CT molecular complexity index is 1600. The molecular weight excluding hydrogens is 559 g/mol. The normalized spacial score (nSPS) is 25.0. The average Bonchev–Trinajstić information content (AvgIpc) is 2.92. The number of nitrogens with zero attached hydrogens (tertiary/aromatic N) is 2. The van der Waals surface area contributed by atoms with Gasteiger partial charge in [0.1, 0.15) is 28.7 Å². The van der Waals surface area contributed by atoms with Gasteiger partial charge in [0.05, 0.1) is 11.6 Å². The van der Waals surface area contributed by atoms with Gasteiger partial charge < -0.3 is 36.4 Å². The Morgan fingerprint density at radius 2 is 1.74 bits per heavy atom. The number of nitrogens with one attached hydrogen (secondary N) is 1. The van der Waals surface area contributed by atoms with Gasteiger partial charge in [-0.25, -0.2) is 4.39 Å². The second-order valence-electron chi connectivity index (χ2n) is 11.8. The highest BCUT2D eigenvalue weighted by molar-refractivity contribution is 6.25. The van der Waals surface area contributed by atoms with E-state index in [9.17, 15) is 39.2 Å². The van der Waals surface area contributed by atoms with Crippen LogP contribution in [-0.2, 0) is 29.1 Å². The quantitative estimate of drug-likeness (QED) is 0.258. The molecule has 0 aliphatic heterocycles. The molecule has 0 aromatic heterocycles. The third kappa shape index (κ3) is 4.66. The van der Waals surface area contributed by atoms with Crippen LogP contribution in [0.15, 0.2) is 53.0 Å². The van der Waals surface area contributed by atoms with Crippen molar-refractivity contribution in [3.05, 3.63) is 81.1 Å². The minimum atomic E-state index is -2.70. The highest BCUT2D eigenvalue weighted by Crippen LogP contribution is 2.53. The lowest BCUT2D eigenvalue weighted by Gasteiger charge is -2.50. The number of fused-ring (bicyclic) bond motifs is 3. The lowest BCUT2D eigenvalue weighted by atomic mass is 9.58. The van der Waals surface area contributed by atoms with Crippen LogP contribution in [0.1, 0.15) is 33.5 Å². The van der Waals surface area contributed by atoms with E-state index in [1.165, 1.54) is 17.0 Å². The molecule has 2 aromatic carbocycles. The number of carbonyl (C=O) groups is 3. The van der Waals surface area contributed by atoms with Gasteiger partial charge in [0.15, 0.2) is 11.4 Å². The number of Topliss-reactive ketones (excluding diaryl/α,β-unsaturated/α-hetero) is 2. The number of allylic oxidation sites excluding steroid dienone is 1. The van der Waals surface area contributed by atoms with Crippen LogP contribution in [0.25, 0.3) is 0 Å².